The van der Waals surface area contributed by atoms with Crippen molar-refractivity contribution < 1.29 is 9.53 Å². The summed E-state index contributed by atoms with van der Waals surface area (Å²) in [5, 5.41) is 0. The Kier molecular flexibility index (Phi) is 1.53. The molecule has 66 valence electrons. The highest BCUT2D eigenvalue weighted by atomic mass is 16.5. The molecule has 0 N–H and O–H groups in total. The van der Waals surface area contributed by atoms with Gasteiger partial charge in [0.1, 0.15) is 0 Å². The number of rotatable bonds is 1. The third-order valence-electron chi connectivity index (χ3n) is 3.15. The van der Waals surface area contributed by atoms with E-state index in [1.54, 1.807) is 0 Å². The Labute approximate surface area is 72.6 Å². The first-order valence-corrected chi connectivity index (χ1v) is 4.42. The summed E-state index contributed by atoms with van der Waals surface area (Å²) in [4.78, 5) is 11.3. The largest absolute Gasteiger partial charge is 0.469 e. The first-order chi connectivity index (χ1) is 5.64. The molecule has 12 heavy (non-hydrogen) atoms. The van der Waals surface area contributed by atoms with E-state index >= 15 is 0 Å². The molecule has 0 radical (unpaired) electrons. The fourth-order valence-electron chi connectivity index (χ4n) is 2.52. The van der Waals surface area contributed by atoms with Gasteiger partial charge in [-0.2, -0.15) is 0 Å². The summed E-state index contributed by atoms with van der Waals surface area (Å²) in [6.45, 7) is 2.21. The van der Waals surface area contributed by atoms with Crippen molar-refractivity contribution in [3.05, 3.63) is 12.2 Å². The zero-order chi connectivity index (χ0) is 8.77. The molecule has 2 aliphatic rings. The summed E-state index contributed by atoms with van der Waals surface area (Å²) < 4.78 is 4.76. The second-order valence-electron chi connectivity index (χ2n) is 4.21. The Bertz CT molecular complexity index is 244. The van der Waals surface area contributed by atoms with Crippen LogP contribution < -0.4 is 0 Å². The maximum absolute atomic E-state index is 11.3. The summed E-state index contributed by atoms with van der Waals surface area (Å²) in [7, 11) is 1.47. The van der Waals surface area contributed by atoms with Gasteiger partial charge in [0.25, 0.3) is 0 Å². The van der Waals surface area contributed by atoms with E-state index in [0.29, 0.717) is 5.92 Å². The SMILES string of the molecule is COC(=O)C1CC2(C)C=CC1C2. The molecule has 0 aromatic heterocycles. The van der Waals surface area contributed by atoms with Gasteiger partial charge in [-0.3, -0.25) is 4.79 Å². The average Bonchev–Trinajstić information content (AvgIpc) is 2.57. The molecule has 2 aliphatic carbocycles. The van der Waals surface area contributed by atoms with E-state index in [-0.39, 0.29) is 17.3 Å². The lowest BCUT2D eigenvalue weighted by Crippen LogP contribution is -2.21. The molecule has 0 aromatic carbocycles. The van der Waals surface area contributed by atoms with E-state index in [1.807, 2.05) is 0 Å². The van der Waals surface area contributed by atoms with Crippen LogP contribution in [0.2, 0.25) is 0 Å². The Morgan fingerprint density at radius 2 is 2.33 bits per heavy atom. The molecule has 0 amide bonds. The second-order valence-corrected chi connectivity index (χ2v) is 4.21. The third kappa shape index (κ3) is 0.977. The van der Waals surface area contributed by atoms with Crippen molar-refractivity contribution in [3.63, 3.8) is 0 Å². The van der Waals surface area contributed by atoms with Gasteiger partial charge in [0.15, 0.2) is 0 Å². The van der Waals surface area contributed by atoms with Gasteiger partial charge in [-0.25, -0.2) is 0 Å². The fraction of sp³-hybridized carbons (Fsp3) is 0.700. The summed E-state index contributed by atoms with van der Waals surface area (Å²) in [5.41, 5.74) is 0.281. The number of esters is 1. The Morgan fingerprint density at radius 1 is 1.58 bits per heavy atom. The van der Waals surface area contributed by atoms with Crippen LogP contribution in [0.3, 0.4) is 0 Å². The molecule has 3 unspecified atom stereocenters. The standard InChI is InChI=1S/C10H14O2/c1-10-4-3-7(5-10)8(6-10)9(11)12-2/h3-4,7-8H,5-6H2,1-2H3. The quantitative estimate of drug-likeness (QED) is 0.438. The number of allylic oxidation sites excluding steroid dienone is 2. The molecule has 0 aliphatic heterocycles. The van der Waals surface area contributed by atoms with Crippen LogP contribution in [0.4, 0.5) is 0 Å². The number of hydrogen-bond acceptors (Lipinski definition) is 2. The molecular weight excluding hydrogens is 152 g/mol. The van der Waals surface area contributed by atoms with E-state index in [2.05, 4.69) is 19.1 Å². The summed E-state index contributed by atoms with van der Waals surface area (Å²) in [5.74, 6) is 0.542. The molecule has 2 rings (SSSR count). The van der Waals surface area contributed by atoms with Gasteiger partial charge in [-0.15, -0.1) is 0 Å². The zero-order valence-corrected chi connectivity index (χ0v) is 7.54. The van der Waals surface area contributed by atoms with Crippen LogP contribution in [-0.2, 0) is 9.53 Å². The molecule has 1 fully saturated rings. The van der Waals surface area contributed by atoms with Crippen molar-refractivity contribution in [2.45, 2.75) is 19.8 Å². The van der Waals surface area contributed by atoms with Crippen LogP contribution in [0.25, 0.3) is 0 Å². The van der Waals surface area contributed by atoms with Crippen LogP contribution >= 0.6 is 0 Å². The van der Waals surface area contributed by atoms with Gasteiger partial charge in [0.2, 0.25) is 0 Å². The maximum Gasteiger partial charge on any atom is 0.309 e. The summed E-state index contributed by atoms with van der Waals surface area (Å²) in [6.07, 6.45) is 6.52. The topological polar surface area (TPSA) is 26.3 Å². The number of carbonyl (C=O) groups is 1. The number of fused-ring (bicyclic) bond motifs is 2. The van der Waals surface area contributed by atoms with Crippen molar-refractivity contribution in [2.75, 3.05) is 7.11 Å². The molecule has 0 aromatic rings. The van der Waals surface area contributed by atoms with Crippen molar-refractivity contribution in [3.8, 4) is 0 Å². The lowest BCUT2D eigenvalue weighted by atomic mass is 9.86. The molecule has 0 saturated heterocycles. The van der Waals surface area contributed by atoms with Crippen LogP contribution in [0.15, 0.2) is 12.2 Å². The molecule has 2 bridgehead atoms. The number of ether oxygens (including phenoxy) is 1. The first kappa shape index (κ1) is 7.84. The predicted octanol–water partition coefficient (Wildman–Crippen LogP) is 1.76. The van der Waals surface area contributed by atoms with Crippen LogP contribution in [0.1, 0.15) is 19.8 Å². The highest BCUT2D eigenvalue weighted by molar-refractivity contribution is 5.74. The zero-order valence-electron chi connectivity index (χ0n) is 7.54. The molecule has 3 atom stereocenters. The van der Waals surface area contributed by atoms with Crippen LogP contribution in [-0.4, -0.2) is 13.1 Å². The van der Waals surface area contributed by atoms with E-state index in [9.17, 15) is 4.79 Å². The van der Waals surface area contributed by atoms with Crippen LogP contribution in [0, 0.1) is 17.3 Å². The van der Waals surface area contributed by atoms with E-state index in [0.717, 1.165) is 12.8 Å². The van der Waals surface area contributed by atoms with Crippen molar-refractivity contribution >= 4 is 5.97 Å². The van der Waals surface area contributed by atoms with Gasteiger partial charge < -0.3 is 4.74 Å². The minimum Gasteiger partial charge on any atom is -0.469 e. The van der Waals surface area contributed by atoms with E-state index in [1.165, 1.54) is 7.11 Å². The summed E-state index contributed by atoms with van der Waals surface area (Å²) in [6, 6.07) is 0. The number of hydrogen-bond donors (Lipinski definition) is 0. The number of carbonyl (C=O) groups excluding carboxylic acids is 1. The molecule has 2 heteroatoms. The third-order valence-corrected chi connectivity index (χ3v) is 3.15. The van der Waals surface area contributed by atoms with Crippen molar-refractivity contribution in [2.24, 2.45) is 17.3 Å². The van der Waals surface area contributed by atoms with Gasteiger partial charge in [0.05, 0.1) is 13.0 Å². The van der Waals surface area contributed by atoms with E-state index in [4.69, 9.17) is 4.74 Å². The normalized spacial score (nSPS) is 43.5. The lowest BCUT2D eigenvalue weighted by Gasteiger charge is -2.19. The van der Waals surface area contributed by atoms with Crippen LogP contribution in [0.5, 0.6) is 0 Å². The molecule has 0 heterocycles. The molecule has 1 saturated carbocycles. The van der Waals surface area contributed by atoms with Gasteiger partial charge in [-0.1, -0.05) is 19.1 Å². The average molecular weight is 166 g/mol. The first-order valence-electron chi connectivity index (χ1n) is 4.42. The second kappa shape index (κ2) is 2.35. The van der Waals surface area contributed by atoms with Gasteiger partial charge in [-0.05, 0) is 24.2 Å². The highest BCUT2D eigenvalue weighted by Crippen LogP contribution is 2.52. The molecular formula is C10H14O2. The van der Waals surface area contributed by atoms with E-state index < -0.39 is 0 Å². The Hall–Kier alpha value is -0.790. The predicted molar refractivity (Wildman–Crippen MR) is 45.5 cm³/mol. The lowest BCUT2D eigenvalue weighted by molar-refractivity contribution is -0.146. The minimum absolute atomic E-state index is 0.0342. The van der Waals surface area contributed by atoms with Gasteiger partial charge >= 0.3 is 5.97 Å². The highest BCUT2D eigenvalue weighted by Gasteiger charge is 2.47. The van der Waals surface area contributed by atoms with Crippen molar-refractivity contribution in [1.82, 2.24) is 0 Å². The monoisotopic (exact) mass is 166 g/mol. The summed E-state index contributed by atoms with van der Waals surface area (Å²) >= 11 is 0. The Balaban J connectivity index is 2.15. The smallest absolute Gasteiger partial charge is 0.309 e. The Morgan fingerprint density at radius 3 is 2.75 bits per heavy atom. The molecule has 2 nitrogen and oxygen atoms in total. The maximum atomic E-state index is 11.3. The molecule has 0 spiro atoms. The fourth-order valence-corrected chi connectivity index (χ4v) is 2.52. The van der Waals surface area contributed by atoms with Crippen molar-refractivity contribution in [1.29, 1.82) is 0 Å². The number of methoxy groups -OCH3 is 1. The van der Waals surface area contributed by atoms with Gasteiger partial charge in [0, 0.05) is 0 Å². The minimum atomic E-state index is -0.0342.